The number of hydroxylamine groups is 1. The molecule has 1 aromatic carbocycles. The molecule has 0 fully saturated rings. The molecule has 66 valence electrons. The van der Waals surface area contributed by atoms with Crippen molar-refractivity contribution in [3.63, 3.8) is 0 Å². The van der Waals surface area contributed by atoms with Gasteiger partial charge in [-0.3, -0.25) is 0 Å². The van der Waals surface area contributed by atoms with E-state index in [4.69, 9.17) is 11.6 Å². The maximum atomic E-state index is 13.0. The van der Waals surface area contributed by atoms with Crippen LogP contribution >= 0.6 is 11.6 Å². The minimum atomic E-state index is -0.327. The highest BCUT2D eigenvalue weighted by Gasteiger charge is 2.01. The number of nitrogens with one attached hydrogen (secondary N) is 1. The normalized spacial score (nSPS) is 10.2. The van der Waals surface area contributed by atoms with E-state index in [9.17, 15) is 4.39 Å². The van der Waals surface area contributed by atoms with Crippen LogP contribution < -0.4 is 5.48 Å². The molecular formula is C8H9ClFNO. The van der Waals surface area contributed by atoms with E-state index in [0.717, 1.165) is 0 Å². The molecule has 0 saturated carbocycles. The Morgan fingerprint density at radius 2 is 2.33 bits per heavy atom. The van der Waals surface area contributed by atoms with E-state index in [1.54, 1.807) is 12.1 Å². The van der Waals surface area contributed by atoms with Crippen molar-refractivity contribution in [2.24, 2.45) is 0 Å². The average molecular weight is 190 g/mol. The molecule has 0 spiro atoms. The topological polar surface area (TPSA) is 21.3 Å². The third-order valence-electron chi connectivity index (χ3n) is 1.42. The van der Waals surface area contributed by atoms with Gasteiger partial charge in [0.1, 0.15) is 5.82 Å². The van der Waals surface area contributed by atoms with Gasteiger partial charge < -0.3 is 4.84 Å². The molecule has 1 aromatic rings. The number of benzene rings is 1. The van der Waals surface area contributed by atoms with Crippen molar-refractivity contribution in [2.75, 3.05) is 7.11 Å². The summed E-state index contributed by atoms with van der Waals surface area (Å²) in [6.45, 7) is 0.333. The van der Waals surface area contributed by atoms with Gasteiger partial charge in [-0.25, -0.2) is 4.39 Å². The summed E-state index contributed by atoms with van der Waals surface area (Å²) in [5.74, 6) is -0.327. The summed E-state index contributed by atoms with van der Waals surface area (Å²) in [5.41, 5.74) is 3.07. The van der Waals surface area contributed by atoms with E-state index in [2.05, 4.69) is 10.3 Å². The Kier molecular flexibility index (Phi) is 3.47. The Labute approximate surface area is 75.2 Å². The summed E-state index contributed by atoms with van der Waals surface area (Å²) in [5, 5.41) is 0.397. The quantitative estimate of drug-likeness (QED) is 0.736. The highest BCUT2D eigenvalue weighted by Crippen LogP contribution is 2.14. The van der Waals surface area contributed by atoms with Gasteiger partial charge in [0.15, 0.2) is 0 Å². The molecule has 0 aliphatic carbocycles. The Bertz CT molecular complexity index is 267. The minimum Gasteiger partial charge on any atom is -0.305 e. The van der Waals surface area contributed by atoms with Crippen molar-refractivity contribution in [1.82, 2.24) is 5.48 Å². The second-order valence-corrected chi connectivity index (χ2v) is 2.70. The van der Waals surface area contributed by atoms with Crippen LogP contribution in [0, 0.1) is 5.82 Å². The molecule has 12 heavy (non-hydrogen) atoms. The van der Waals surface area contributed by atoms with Crippen LogP contribution in [0.4, 0.5) is 4.39 Å². The van der Waals surface area contributed by atoms with Gasteiger partial charge in [0.05, 0.1) is 7.11 Å². The highest BCUT2D eigenvalue weighted by atomic mass is 35.5. The molecule has 4 heteroatoms. The van der Waals surface area contributed by atoms with E-state index in [0.29, 0.717) is 17.1 Å². The monoisotopic (exact) mass is 189 g/mol. The molecule has 0 radical (unpaired) electrons. The van der Waals surface area contributed by atoms with Crippen molar-refractivity contribution in [3.8, 4) is 0 Å². The molecule has 0 heterocycles. The summed E-state index contributed by atoms with van der Waals surface area (Å²) in [7, 11) is 1.48. The van der Waals surface area contributed by atoms with Crippen LogP contribution in [0.5, 0.6) is 0 Å². The first-order valence-electron chi connectivity index (χ1n) is 3.44. The standard InChI is InChI=1S/C8H9ClFNO/c1-12-11-5-6-2-3-7(9)4-8(6)10/h2-4,11H,5H2,1H3. The maximum Gasteiger partial charge on any atom is 0.129 e. The maximum absolute atomic E-state index is 13.0. The zero-order valence-electron chi connectivity index (χ0n) is 6.60. The number of rotatable bonds is 3. The minimum absolute atomic E-state index is 0.327. The fourth-order valence-corrected chi connectivity index (χ4v) is 0.974. The van der Waals surface area contributed by atoms with Crippen molar-refractivity contribution in [2.45, 2.75) is 6.54 Å². The van der Waals surface area contributed by atoms with Crippen LogP contribution in [0.1, 0.15) is 5.56 Å². The molecule has 1 N–H and O–H groups in total. The molecule has 0 saturated heterocycles. The van der Waals surface area contributed by atoms with Gasteiger partial charge in [0.25, 0.3) is 0 Å². The van der Waals surface area contributed by atoms with E-state index < -0.39 is 0 Å². The number of halogens is 2. The van der Waals surface area contributed by atoms with Crippen molar-refractivity contribution >= 4 is 11.6 Å². The molecule has 0 atom stereocenters. The van der Waals surface area contributed by atoms with Crippen LogP contribution in [0.15, 0.2) is 18.2 Å². The second-order valence-electron chi connectivity index (χ2n) is 2.26. The number of hydrogen-bond donors (Lipinski definition) is 1. The summed E-state index contributed by atoms with van der Waals surface area (Å²) in [6, 6.07) is 4.52. The second kappa shape index (κ2) is 4.40. The SMILES string of the molecule is CONCc1ccc(Cl)cc1F. The highest BCUT2D eigenvalue weighted by molar-refractivity contribution is 6.30. The molecule has 0 amide bonds. The van der Waals surface area contributed by atoms with Gasteiger partial charge in [-0.2, -0.15) is 5.48 Å². The predicted molar refractivity (Wildman–Crippen MR) is 45.3 cm³/mol. The molecule has 0 aliphatic rings. The van der Waals surface area contributed by atoms with E-state index in [-0.39, 0.29) is 5.82 Å². The zero-order valence-corrected chi connectivity index (χ0v) is 7.36. The lowest BCUT2D eigenvalue weighted by Crippen LogP contribution is -2.11. The third-order valence-corrected chi connectivity index (χ3v) is 1.66. The average Bonchev–Trinajstić information content (AvgIpc) is 2.03. The zero-order chi connectivity index (χ0) is 8.97. The van der Waals surface area contributed by atoms with Gasteiger partial charge in [0.2, 0.25) is 0 Å². The van der Waals surface area contributed by atoms with E-state index in [1.165, 1.54) is 13.2 Å². The van der Waals surface area contributed by atoms with Crippen LogP contribution in [0.3, 0.4) is 0 Å². The summed E-state index contributed by atoms with van der Waals surface area (Å²) in [6.07, 6.45) is 0. The molecule has 0 aromatic heterocycles. The van der Waals surface area contributed by atoms with Gasteiger partial charge in [-0.15, -0.1) is 0 Å². The largest absolute Gasteiger partial charge is 0.305 e. The Morgan fingerprint density at radius 3 is 2.92 bits per heavy atom. The Hall–Kier alpha value is -0.640. The van der Waals surface area contributed by atoms with Crippen molar-refractivity contribution in [3.05, 3.63) is 34.6 Å². The number of hydrogen-bond acceptors (Lipinski definition) is 2. The summed E-state index contributed by atoms with van der Waals surface area (Å²) < 4.78 is 13.0. The molecule has 0 bridgehead atoms. The lowest BCUT2D eigenvalue weighted by atomic mass is 10.2. The predicted octanol–water partition coefficient (Wildman–Crippen LogP) is 2.13. The van der Waals surface area contributed by atoms with Gasteiger partial charge in [-0.1, -0.05) is 17.7 Å². The van der Waals surface area contributed by atoms with Crippen molar-refractivity contribution in [1.29, 1.82) is 0 Å². The third kappa shape index (κ3) is 2.44. The summed E-state index contributed by atoms with van der Waals surface area (Å²) in [4.78, 5) is 4.58. The van der Waals surface area contributed by atoms with Crippen LogP contribution in [0.25, 0.3) is 0 Å². The Morgan fingerprint density at radius 1 is 1.58 bits per heavy atom. The van der Waals surface area contributed by atoms with E-state index in [1.807, 2.05) is 0 Å². The molecule has 1 rings (SSSR count). The first-order valence-corrected chi connectivity index (χ1v) is 3.81. The lowest BCUT2D eigenvalue weighted by Gasteiger charge is -2.03. The fourth-order valence-electron chi connectivity index (χ4n) is 0.815. The van der Waals surface area contributed by atoms with Crippen LogP contribution in [0.2, 0.25) is 5.02 Å². The van der Waals surface area contributed by atoms with Crippen LogP contribution in [-0.4, -0.2) is 7.11 Å². The molecule has 0 unspecified atom stereocenters. The molecule has 0 aliphatic heterocycles. The van der Waals surface area contributed by atoms with Gasteiger partial charge >= 0.3 is 0 Å². The van der Waals surface area contributed by atoms with E-state index >= 15 is 0 Å². The van der Waals surface area contributed by atoms with Gasteiger partial charge in [-0.05, 0) is 12.1 Å². The summed E-state index contributed by atoms with van der Waals surface area (Å²) >= 11 is 5.56. The van der Waals surface area contributed by atoms with Crippen LogP contribution in [-0.2, 0) is 11.4 Å². The molecular weight excluding hydrogens is 181 g/mol. The first-order chi connectivity index (χ1) is 5.74. The van der Waals surface area contributed by atoms with Crippen molar-refractivity contribution < 1.29 is 9.23 Å². The molecule has 2 nitrogen and oxygen atoms in total. The van der Waals surface area contributed by atoms with Gasteiger partial charge in [0, 0.05) is 17.1 Å². The smallest absolute Gasteiger partial charge is 0.129 e. The fraction of sp³-hybridized carbons (Fsp3) is 0.250. The lowest BCUT2D eigenvalue weighted by molar-refractivity contribution is 0.0859. The Balaban J connectivity index is 2.72. The first kappa shape index (κ1) is 9.45.